The van der Waals surface area contributed by atoms with Gasteiger partial charge in [0.25, 0.3) is 11.8 Å². The summed E-state index contributed by atoms with van der Waals surface area (Å²) in [6.45, 7) is 4.66. The Labute approximate surface area is 227 Å². The highest BCUT2D eigenvalue weighted by atomic mass is 32.2. The highest BCUT2D eigenvalue weighted by Gasteiger charge is 2.42. The van der Waals surface area contributed by atoms with Crippen LogP contribution in [-0.4, -0.2) is 47.1 Å². The lowest BCUT2D eigenvalue weighted by Gasteiger charge is -2.21. The van der Waals surface area contributed by atoms with Crippen molar-refractivity contribution >= 4 is 63.0 Å². The van der Waals surface area contributed by atoms with Crippen molar-refractivity contribution in [3.8, 4) is 5.75 Å². The standard InChI is InChI=1S/C28H31N3O4S2/c1-4-6-9-18(5-2)16-31-27(34)25(37-28(31)36)24-21-10-7-8-11-22(21)30(26(24)33)17-23(32)29-19-12-14-20(35-3)15-13-19/h7-8,10-15,18H,4-6,9,16-17H2,1-3H3,(H,29,32)/b25-24-. The third-order valence-corrected chi connectivity index (χ3v) is 8.11. The average molecular weight is 538 g/mol. The SMILES string of the molecule is CCCCC(CC)CN1C(=O)/C(=C2/C(=O)N(CC(=O)Nc3ccc(OC)cc3)c3ccccc32)SC1=S. The molecule has 3 amide bonds. The highest BCUT2D eigenvalue weighted by molar-refractivity contribution is 8.26. The number of thioether (sulfide) groups is 1. The number of rotatable bonds is 10. The third-order valence-electron chi connectivity index (χ3n) is 6.66. The Hall–Kier alpha value is -3.17. The second-order valence-electron chi connectivity index (χ2n) is 9.09. The molecule has 7 nitrogen and oxygen atoms in total. The van der Waals surface area contributed by atoms with Crippen molar-refractivity contribution < 1.29 is 19.1 Å². The van der Waals surface area contributed by atoms with E-state index in [0.29, 0.717) is 49.9 Å². The van der Waals surface area contributed by atoms with Gasteiger partial charge in [0.2, 0.25) is 5.91 Å². The molecule has 2 heterocycles. The Morgan fingerprint density at radius 2 is 1.78 bits per heavy atom. The summed E-state index contributed by atoms with van der Waals surface area (Å²) in [7, 11) is 1.57. The zero-order valence-electron chi connectivity index (χ0n) is 21.3. The molecule has 0 aromatic heterocycles. The fourth-order valence-electron chi connectivity index (χ4n) is 4.56. The fourth-order valence-corrected chi connectivity index (χ4v) is 5.90. The summed E-state index contributed by atoms with van der Waals surface area (Å²) < 4.78 is 5.63. The van der Waals surface area contributed by atoms with Crippen LogP contribution < -0.4 is 15.0 Å². The second-order valence-corrected chi connectivity index (χ2v) is 10.7. The zero-order valence-corrected chi connectivity index (χ0v) is 22.9. The summed E-state index contributed by atoms with van der Waals surface area (Å²) in [6, 6.07) is 14.2. The summed E-state index contributed by atoms with van der Waals surface area (Å²) in [5.74, 6) is 0.0943. The molecular formula is C28H31N3O4S2. The fraction of sp³-hybridized carbons (Fsp3) is 0.357. The minimum absolute atomic E-state index is 0.180. The normalized spacial score (nSPS) is 17.9. The molecule has 2 aliphatic heterocycles. The Morgan fingerprint density at radius 1 is 1.05 bits per heavy atom. The minimum Gasteiger partial charge on any atom is -0.497 e. The third kappa shape index (κ3) is 5.72. The van der Waals surface area contributed by atoms with Crippen molar-refractivity contribution in [2.24, 2.45) is 5.92 Å². The van der Waals surface area contributed by atoms with Gasteiger partial charge in [0.1, 0.15) is 16.6 Å². The number of amides is 3. The lowest BCUT2D eigenvalue weighted by Crippen LogP contribution is -2.36. The Bertz CT molecular complexity index is 1240. The maximum Gasteiger partial charge on any atom is 0.267 e. The molecule has 0 saturated carbocycles. The maximum absolute atomic E-state index is 13.6. The Morgan fingerprint density at radius 3 is 2.46 bits per heavy atom. The molecule has 2 aliphatic rings. The van der Waals surface area contributed by atoms with E-state index in [4.69, 9.17) is 17.0 Å². The molecule has 1 saturated heterocycles. The number of nitrogens with zero attached hydrogens (tertiary/aromatic N) is 2. The molecule has 37 heavy (non-hydrogen) atoms. The van der Waals surface area contributed by atoms with Crippen molar-refractivity contribution in [1.29, 1.82) is 0 Å². The van der Waals surface area contributed by atoms with Crippen molar-refractivity contribution in [2.45, 2.75) is 39.5 Å². The molecule has 0 radical (unpaired) electrons. The van der Waals surface area contributed by atoms with Crippen LogP contribution in [-0.2, 0) is 14.4 Å². The number of benzene rings is 2. The molecule has 9 heteroatoms. The van der Waals surface area contributed by atoms with Crippen molar-refractivity contribution in [3.63, 3.8) is 0 Å². The van der Waals surface area contributed by atoms with Gasteiger partial charge in [-0.2, -0.15) is 0 Å². The van der Waals surface area contributed by atoms with Gasteiger partial charge in [-0.15, -0.1) is 0 Å². The van der Waals surface area contributed by atoms with Crippen LogP contribution in [0.2, 0.25) is 0 Å². The van der Waals surface area contributed by atoms with Crippen LogP contribution in [0.5, 0.6) is 5.75 Å². The molecule has 1 unspecified atom stereocenters. The van der Waals surface area contributed by atoms with Crippen LogP contribution in [0, 0.1) is 5.92 Å². The first kappa shape index (κ1) is 26.9. The van der Waals surface area contributed by atoms with E-state index in [0.717, 1.165) is 25.7 Å². The van der Waals surface area contributed by atoms with Crippen LogP contribution in [0.3, 0.4) is 0 Å². The van der Waals surface area contributed by atoms with Gasteiger partial charge in [-0.3, -0.25) is 24.2 Å². The van der Waals surface area contributed by atoms with E-state index in [1.54, 1.807) is 42.3 Å². The van der Waals surface area contributed by atoms with Crippen LogP contribution in [0.15, 0.2) is 53.4 Å². The van der Waals surface area contributed by atoms with Crippen molar-refractivity contribution in [1.82, 2.24) is 4.90 Å². The molecule has 1 N–H and O–H groups in total. The monoisotopic (exact) mass is 537 g/mol. The summed E-state index contributed by atoms with van der Waals surface area (Å²) in [4.78, 5) is 43.4. The number of para-hydroxylation sites is 1. The number of thiocarbonyl (C=S) groups is 1. The van der Waals surface area contributed by atoms with E-state index in [1.165, 1.54) is 16.7 Å². The van der Waals surface area contributed by atoms with Crippen LogP contribution >= 0.6 is 24.0 Å². The number of hydrogen-bond acceptors (Lipinski definition) is 6. The first-order valence-electron chi connectivity index (χ1n) is 12.5. The topological polar surface area (TPSA) is 79.0 Å². The highest BCUT2D eigenvalue weighted by Crippen LogP contribution is 2.44. The summed E-state index contributed by atoms with van der Waals surface area (Å²) in [5.41, 5.74) is 2.16. The molecule has 2 aromatic rings. The zero-order chi connectivity index (χ0) is 26.5. The molecule has 2 aromatic carbocycles. The molecule has 0 bridgehead atoms. The summed E-state index contributed by atoms with van der Waals surface area (Å²) >= 11 is 6.75. The van der Waals surface area contributed by atoms with Gasteiger partial charge >= 0.3 is 0 Å². The first-order chi connectivity index (χ1) is 17.9. The van der Waals surface area contributed by atoms with Crippen molar-refractivity contribution in [2.75, 3.05) is 30.4 Å². The smallest absolute Gasteiger partial charge is 0.267 e. The predicted octanol–water partition coefficient (Wildman–Crippen LogP) is 5.47. The number of hydrogen-bond donors (Lipinski definition) is 1. The summed E-state index contributed by atoms with van der Waals surface area (Å²) in [6.07, 6.45) is 4.20. The number of fused-ring (bicyclic) bond motifs is 1. The van der Waals surface area contributed by atoms with Gasteiger partial charge in [-0.1, -0.05) is 75.3 Å². The quantitative estimate of drug-likeness (QED) is 0.320. The van der Waals surface area contributed by atoms with Crippen molar-refractivity contribution in [3.05, 3.63) is 59.0 Å². The predicted molar refractivity (Wildman–Crippen MR) is 153 cm³/mol. The molecule has 194 valence electrons. The van der Waals surface area contributed by atoms with Gasteiger partial charge in [0, 0.05) is 17.8 Å². The maximum atomic E-state index is 13.6. The molecule has 0 aliphatic carbocycles. The summed E-state index contributed by atoms with van der Waals surface area (Å²) in [5, 5.41) is 2.82. The van der Waals surface area contributed by atoms with Gasteiger partial charge in [0.15, 0.2) is 0 Å². The number of carbonyl (C=O) groups excluding carboxylic acids is 3. The van der Waals surface area contributed by atoms with Gasteiger partial charge in [0.05, 0.1) is 23.3 Å². The Kier molecular flexibility index (Phi) is 8.66. The second kappa shape index (κ2) is 11.9. The van der Waals surface area contributed by atoms with Crippen LogP contribution in [0.25, 0.3) is 5.57 Å². The van der Waals surface area contributed by atoms with E-state index in [9.17, 15) is 14.4 Å². The number of nitrogens with one attached hydrogen (secondary N) is 1. The number of carbonyl (C=O) groups is 3. The number of unbranched alkanes of at least 4 members (excludes halogenated alkanes) is 1. The Balaban J connectivity index is 1.57. The number of anilines is 2. The lowest BCUT2D eigenvalue weighted by atomic mass is 9.98. The van der Waals surface area contributed by atoms with Gasteiger partial charge in [-0.05, 0) is 42.7 Å². The van der Waals surface area contributed by atoms with E-state index >= 15 is 0 Å². The van der Waals surface area contributed by atoms with E-state index < -0.39 is 0 Å². The van der Waals surface area contributed by atoms with Crippen LogP contribution in [0.4, 0.5) is 11.4 Å². The van der Waals surface area contributed by atoms with E-state index in [2.05, 4.69) is 19.2 Å². The number of ether oxygens (including phenoxy) is 1. The number of methoxy groups -OCH3 is 1. The molecule has 1 atom stereocenters. The van der Waals surface area contributed by atoms with E-state index in [-0.39, 0.29) is 24.3 Å². The molecule has 0 spiro atoms. The first-order valence-corrected chi connectivity index (χ1v) is 13.7. The van der Waals surface area contributed by atoms with Gasteiger partial charge < -0.3 is 10.1 Å². The average Bonchev–Trinajstić information content (AvgIpc) is 3.33. The van der Waals surface area contributed by atoms with Gasteiger partial charge in [-0.25, -0.2) is 0 Å². The molecular weight excluding hydrogens is 506 g/mol. The lowest BCUT2D eigenvalue weighted by molar-refractivity contribution is -0.123. The van der Waals surface area contributed by atoms with E-state index in [1.807, 2.05) is 18.2 Å². The van der Waals surface area contributed by atoms with Crippen LogP contribution in [0.1, 0.15) is 45.1 Å². The molecule has 4 rings (SSSR count). The molecule has 1 fully saturated rings. The largest absolute Gasteiger partial charge is 0.497 e. The minimum atomic E-state index is -0.371.